The predicted molar refractivity (Wildman–Crippen MR) is 82.0 cm³/mol. The van der Waals surface area contributed by atoms with Crippen molar-refractivity contribution in [2.75, 3.05) is 0 Å². The summed E-state index contributed by atoms with van der Waals surface area (Å²) in [5.41, 5.74) is -1.20. The van der Waals surface area contributed by atoms with Gasteiger partial charge in [0.2, 0.25) is 0 Å². The summed E-state index contributed by atoms with van der Waals surface area (Å²) < 4.78 is 0. The van der Waals surface area contributed by atoms with Crippen molar-refractivity contribution >= 4 is 0 Å². The minimum absolute atomic E-state index is 0.0727. The Morgan fingerprint density at radius 1 is 1.20 bits per heavy atom. The standard InChI is InChI=1S/C18H31NO/c1-5-14-9-11-17(12-14,13-19)18(20)10-7-6-8-15(18)16(2,3)4/h14-15,20H,5-12H2,1-4H3. The van der Waals surface area contributed by atoms with Gasteiger partial charge in [-0.2, -0.15) is 5.26 Å². The van der Waals surface area contributed by atoms with Crippen LogP contribution in [0, 0.1) is 34.0 Å². The summed E-state index contributed by atoms with van der Waals surface area (Å²) in [6, 6.07) is 2.60. The third-order valence-corrected chi connectivity index (χ3v) is 6.16. The average Bonchev–Trinajstić information content (AvgIpc) is 2.83. The Morgan fingerprint density at radius 3 is 2.40 bits per heavy atom. The molecule has 0 bridgehead atoms. The van der Waals surface area contributed by atoms with Gasteiger partial charge in [0.25, 0.3) is 0 Å². The normalized spacial score (nSPS) is 42.4. The number of aliphatic hydroxyl groups is 1. The summed E-state index contributed by atoms with van der Waals surface area (Å²) in [5.74, 6) is 0.875. The van der Waals surface area contributed by atoms with Crippen LogP contribution in [0.2, 0.25) is 0 Å². The van der Waals surface area contributed by atoms with Crippen molar-refractivity contribution in [3.05, 3.63) is 0 Å². The first-order chi connectivity index (χ1) is 9.29. The minimum atomic E-state index is -0.776. The molecule has 2 rings (SSSR count). The lowest BCUT2D eigenvalue weighted by atomic mass is 9.54. The van der Waals surface area contributed by atoms with Crippen LogP contribution in [0.3, 0.4) is 0 Å². The van der Waals surface area contributed by atoms with Gasteiger partial charge in [-0.25, -0.2) is 0 Å². The molecule has 0 aliphatic heterocycles. The van der Waals surface area contributed by atoms with Crippen LogP contribution in [0.25, 0.3) is 0 Å². The maximum absolute atomic E-state index is 11.6. The molecule has 0 spiro atoms. The predicted octanol–water partition coefficient (Wildman–Crippen LogP) is 4.67. The Labute approximate surface area is 124 Å². The lowest BCUT2D eigenvalue weighted by molar-refractivity contribution is -0.154. The molecule has 0 aromatic rings. The third-order valence-electron chi connectivity index (χ3n) is 6.16. The summed E-state index contributed by atoms with van der Waals surface area (Å²) in [6.07, 6.45) is 8.21. The molecule has 2 nitrogen and oxygen atoms in total. The second-order valence-corrected chi connectivity index (χ2v) is 8.30. The van der Waals surface area contributed by atoms with E-state index in [9.17, 15) is 10.4 Å². The molecule has 1 N–H and O–H groups in total. The van der Waals surface area contributed by atoms with Crippen LogP contribution in [0.15, 0.2) is 0 Å². The van der Waals surface area contributed by atoms with E-state index in [0.29, 0.717) is 5.92 Å². The number of rotatable bonds is 2. The molecule has 0 radical (unpaired) electrons. The van der Waals surface area contributed by atoms with E-state index < -0.39 is 11.0 Å². The van der Waals surface area contributed by atoms with Crippen molar-refractivity contribution in [3.8, 4) is 6.07 Å². The largest absolute Gasteiger partial charge is 0.388 e. The summed E-state index contributed by atoms with van der Waals surface area (Å²) in [6.45, 7) is 8.89. The van der Waals surface area contributed by atoms with Crippen molar-refractivity contribution in [1.82, 2.24) is 0 Å². The fourth-order valence-corrected chi connectivity index (χ4v) is 4.97. The fourth-order valence-electron chi connectivity index (χ4n) is 4.97. The zero-order chi connectivity index (χ0) is 15.0. The van der Waals surface area contributed by atoms with E-state index in [4.69, 9.17) is 0 Å². The monoisotopic (exact) mass is 277 g/mol. The van der Waals surface area contributed by atoms with Gasteiger partial charge in [0.1, 0.15) is 0 Å². The highest BCUT2D eigenvalue weighted by molar-refractivity contribution is 5.18. The van der Waals surface area contributed by atoms with Crippen molar-refractivity contribution < 1.29 is 5.11 Å². The molecule has 20 heavy (non-hydrogen) atoms. The number of nitriles is 1. The summed E-state index contributed by atoms with van der Waals surface area (Å²) >= 11 is 0. The highest BCUT2D eigenvalue weighted by Crippen LogP contribution is 2.59. The van der Waals surface area contributed by atoms with E-state index in [1.807, 2.05) is 0 Å². The van der Waals surface area contributed by atoms with Crippen molar-refractivity contribution in [3.63, 3.8) is 0 Å². The number of nitrogens with zero attached hydrogens (tertiary/aromatic N) is 1. The molecule has 2 aliphatic rings. The van der Waals surface area contributed by atoms with Gasteiger partial charge in [-0.05, 0) is 49.4 Å². The first-order valence-electron chi connectivity index (χ1n) is 8.43. The molecule has 0 aromatic heterocycles. The lowest BCUT2D eigenvalue weighted by Crippen LogP contribution is -2.57. The van der Waals surface area contributed by atoms with Crippen molar-refractivity contribution in [2.24, 2.45) is 22.7 Å². The Balaban J connectivity index is 2.37. The van der Waals surface area contributed by atoms with Gasteiger partial charge in [0.15, 0.2) is 0 Å². The van der Waals surface area contributed by atoms with Crippen molar-refractivity contribution in [1.29, 1.82) is 5.26 Å². The molecule has 114 valence electrons. The number of hydrogen-bond donors (Lipinski definition) is 1. The molecule has 2 heteroatoms. The molecule has 0 amide bonds. The third kappa shape index (κ3) is 2.39. The second kappa shape index (κ2) is 5.34. The van der Waals surface area contributed by atoms with Gasteiger partial charge in [-0.1, -0.05) is 47.0 Å². The van der Waals surface area contributed by atoms with E-state index in [1.54, 1.807) is 0 Å². The SMILES string of the molecule is CCC1CCC(C#N)(C2(O)CCCCC2C(C)(C)C)C1. The van der Waals surface area contributed by atoms with Gasteiger partial charge >= 0.3 is 0 Å². The Kier molecular flexibility index (Phi) is 4.22. The van der Waals surface area contributed by atoms with Crippen LogP contribution < -0.4 is 0 Å². The lowest BCUT2D eigenvalue weighted by Gasteiger charge is -2.53. The van der Waals surface area contributed by atoms with E-state index in [1.165, 1.54) is 6.42 Å². The smallest absolute Gasteiger partial charge is 0.0866 e. The van der Waals surface area contributed by atoms with Gasteiger partial charge in [-0.15, -0.1) is 0 Å². The second-order valence-electron chi connectivity index (χ2n) is 8.30. The molecular formula is C18H31NO. The molecule has 4 unspecified atom stereocenters. The molecule has 0 aromatic carbocycles. The van der Waals surface area contributed by atoms with Crippen LogP contribution in [0.5, 0.6) is 0 Å². The Hall–Kier alpha value is -0.550. The first-order valence-corrected chi connectivity index (χ1v) is 8.43. The maximum Gasteiger partial charge on any atom is 0.0866 e. The Morgan fingerprint density at radius 2 is 1.90 bits per heavy atom. The molecular weight excluding hydrogens is 246 g/mol. The quantitative estimate of drug-likeness (QED) is 0.797. The van der Waals surface area contributed by atoms with E-state index in [0.717, 1.165) is 44.9 Å². The Bertz CT molecular complexity index is 391. The van der Waals surface area contributed by atoms with Gasteiger partial charge in [-0.3, -0.25) is 0 Å². The highest BCUT2D eigenvalue weighted by Gasteiger charge is 2.60. The molecule has 2 fully saturated rings. The number of hydrogen-bond acceptors (Lipinski definition) is 2. The first kappa shape index (κ1) is 15.8. The summed E-state index contributed by atoms with van der Waals surface area (Å²) in [5, 5.41) is 21.5. The van der Waals surface area contributed by atoms with Gasteiger partial charge < -0.3 is 5.11 Å². The van der Waals surface area contributed by atoms with Crippen LogP contribution >= 0.6 is 0 Å². The molecule has 2 aliphatic carbocycles. The average molecular weight is 277 g/mol. The van der Waals surface area contributed by atoms with Crippen LogP contribution in [-0.4, -0.2) is 10.7 Å². The van der Waals surface area contributed by atoms with Gasteiger partial charge in [0, 0.05) is 0 Å². The molecule has 0 saturated heterocycles. The topological polar surface area (TPSA) is 44.0 Å². The van der Waals surface area contributed by atoms with Crippen LogP contribution in [0.1, 0.15) is 79.1 Å². The highest BCUT2D eigenvalue weighted by atomic mass is 16.3. The van der Waals surface area contributed by atoms with Crippen LogP contribution in [-0.2, 0) is 0 Å². The molecule has 4 atom stereocenters. The zero-order valence-corrected chi connectivity index (χ0v) is 13.7. The van der Waals surface area contributed by atoms with Gasteiger partial charge in [0.05, 0.1) is 17.1 Å². The zero-order valence-electron chi connectivity index (χ0n) is 13.7. The molecule has 0 heterocycles. The summed E-state index contributed by atoms with van der Waals surface area (Å²) in [7, 11) is 0. The van der Waals surface area contributed by atoms with E-state index in [2.05, 4.69) is 33.8 Å². The van der Waals surface area contributed by atoms with Crippen molar-refractivity contribution in [2.45, 2.75) is 84.7 Å². The van der Waals surface area contributed by atoms with E-state index in [-0.39, 0.29) is 11.3 Å². The molecule has 2 saturated carbocycles. The summed E-state index contributed by atoms with van der Waals surface area (Å²) in [4.78, 5) is 0. The van der Waals surface area contributed by atoms with E-state index >= 15 is 0 Å². The minimum Gasteiger partial charge on any atom is -0.388 e. The fraction of sp³-hybridized carbons (Fsp3) is 0.944. The maximum atomic E-state index is 11.6. The van der Waals surface area contributed by atoms with Crippen LogP contribution in [0.4, 0.5) is 0 Å².